The number of Topliss-reactive ketones (excluding diaryl/α,β-unsaturated/α-hetero) is 1. The van der Waals surface area contributed by atoms with Crippen molar-refractivity contribution < 1.29 is 24.9 Å². The minimum atomic E-state index is -1.47. The SMILES string of the molecule is O=C(Cn1c(=O)ccn([C@@H]2O[C@H](CO)[C@@H](O)[C@H]2O)c1=O)c1ccccc1. The molecule has 0 radical (unpaired) electrons. The zero-order chi connectivity index (χ0) is 18.8. The van der Waals surface area contributed by atoms with Gasteiger partial charge in [-0.1, -0.05) is 30.3 Å². The van der Waals surface area contributed by atoms with Gasteiger partial charge in [0.1, 0.15) is 18.3 Å². The van der Waals surface area contributed by atoms with Crippen LogP contribution in [0.1, 0.15) is 16.6 Å². The molecule has 1 aliphatic rings. The lowest BCUT2D eigenvalue weighted by molar-refractivity contribution is -0.0555. The molecule has 3 rings (SSSR count). The average molecular weight is 362 g/mol. The minimum Gasteiger partial charge on any atom is -0.394 e. The number of aliphatic hydroxyl groups excluding tert-OH is 3. The second-order valence-corrected chi connectivity index (χ2v) is 5.95. The number of hydrogen-bond acceptors (Lipinski definition) is 7. The number of rotatable bonds is 5. The first kappa shape index (κ1) is 18.2. The largest absolute Gasteiger partial charge is 0.394 e. The highest BCUT2D eigenvalue weighted by Crippen LogP contribution is 2.27. The van der Waals surface area contributed by atoms with E-state index in [1.165, 1.54) is 0 Å². The van der Waals surface area contributed by atoms with E-state index >= 15 is 0 Å². The molecule has 9 nitrogen and oxygen atoms in total. The molecule has 2 heterocycles. The first-order chi connectivity index (χ1) is 12.4. The summed E-state index contributed by atoms with van der Waals surface area (Å²) in [6.45, 7) is -1.02. The Kier molecular flexibility index (Phi) is 5.14. The van der Waals surface area contributed by atoms with Crippen molar-refractivity contribution in [3.8, 4) is 0 Å². The summed E-state index contributed by atoms with van der Waals surface area (Å²) in [5.74, 6) is -0.427. The Balaban J connectivity index is 1.94. The van der Waals surface area contributed by atoms with Crippen molar-refractivity contribution in [1.29, 1.82) is 0 Å². The molecule has 1 fully saturated rings. The molecular formula is C17H18N2O7. The molecule has 1 aliphatic heterocycles. The first-order valence-corrected chi connectivity index (χ1v) is 7.96. The van der Waals surface area contributed by atoms with Gasteiger partial charge in [-0.25, -0.2) is 4.79 Å². The lowest BCUT2D eigenvalue weighted by Crippen LogP contribution is -2.44. The molecule has 1 aromatic heterocycles. The van der Waals surface area contributed by atoms with Gasteiger partial charge < -0.3 is 20.1 Å². The molecule has 0 aliphatic carbocycles. The van der Waals surface area contributed by atoms with Gasteiger partial charge in [0.15, 0.2) is 12.0 Å². The van der Waals surface area contributed by atoms with E-state index in [-0.39, 0.29) is 0 Å². The van der Waals surface area contributed by atoms with Crippen LogP contribution in [0.5, 0.6) is 0 Å². The second-order valence-electron chi connectivity index (χ2n) is 5.95. The van der Waals surface area contributed by atoms with Crippen molar-refractivity contribution in [3.63, 3.8) is 0 Å². The maximum Gasteiger partial charge on any atom is 0.333 e. The number of aromatic nitrogens is 2. The summed E-state index contributed by atoms with van der Waals surface area (Å²) in [5.41, 5.74) is -1.19. The van der Waals surface area contributed by atoms with Crippen LogP contribution in [0.2, 0.25) is 0 Å². The molecular weight excluding hydrogens is 344 g/mol. The minimum absolute atomic E-state index is 0.349. The molecule has 138 valence electrons. The number of aliphatic hydroxyl groups is 3. The van der Waals surface area contributed by atoms with Crippen molar-refractivity contribution in [3.05, 3.63) is 69.0 Å². The predicted octanol–water partition coefficient (Wildman–Crippen LogP) is -1.50. The molecule has 0 unspecified atom stereocenters. The van der Waals surface area contributed by atoms with Crippen molar-refractivity contribution in [2.24, 2.45) is 0 Å². The van der Waals surface area contributed by atoms with Gasteiger partial charge in [0.2, 0.25) is 0 Å². The van der Waals surface area contributed by atoms with Crippen molar-refractivity contribution in [2.75, 3.05) is 6.61 Å². The van der Waals surface area contributed by atoms with Gasteiger partial charge in [0.25, 0.3) is 5.56 Å². The molecule has 1 saturated heterocycles. The van der Waals surface area contributed by atoms with Crippen LogP contribution in [0.25, 0.3) is 0 Å². The smallest absolute Gasteiger partial charge is 0.333 e. The normalized spacial score (nSPS) is 25.3. The molecule has 1 aromatic carbocycles. The Labute approximate surface area is 147 Å². The van der Waals surface area contributed by atoms with Crippen LogP contribution in [0.3, 0.4) is 0 Å². The van der Waals surface area contributed by atoms with Gasteiger partial charge in [0, 0.05) is 17.8 Å². The summed E-state index contributed by atoms with van der Waals surface area (Å²) < 4.78 is 6.95. The van der Waals surface area contributed by atoms with E-state index in [1.54, 1.807) is 30.3 Å². The summed E-state index contributed by atoms with van der Waals surface area (Å²) >= 11 is 0. The topological polar surface area (TPSA) is 131 Å². The number of ether oxygens (including phenoxy) is 1. The molecule has 3 N–H and O–H groups in total. The monoisotopic (exact) mass is 362 g/mol. The van der Waals surface area contributed by atoms with Gasteiger partial charge in [-0.15, -0.1) is 0 Å². The molecule has 0 saturated carbocycles. The summed E-state index contributed by atoms with van der Waals surface area (Å²) in [5, 5.41) is 29.0. The zero-order valence-corrected chi connectivity index (χ0v) is 13.6. The Morgan fingerprint density at radius 2 is 1.77 bits per heavy atom. The third-order valence-electron chi connectivity index (χ3n) is 4.28. The molecule has 0 bridgehead atoms. The summed E-state index contributed by atoms with van der Waals surface area (Å²) in [6.07, 6.45) is -4.08. The summed E-state index contributed by atoms with van der Waals surface area (Å²) in [4.78, 5) is 37.0. The third-order valence-corrected chi connectivity index (χ3v) is 4.28. The number of nitrogens with zero attached hydrogens (tertiary/aromatic N) is 2. The van der Waals surface area contributed by atoms with E-state index in [1.807, 2.05) is 0 Å². The lowest BCUT2D eigenvalue weighted by Gasteiger charge is -2.18. The maximum atomic E-state index is 12.6. The predicted molar refractivity (Wildman–Crippen MR) is 88.7 cm³/mol. The van der Waals surface area contributed by atoms with Gasteiger partial charge >= 0.3 is 5.69 Å². The highest BCUT2D eigenvalue weighted by Gasteiger charge is 2.43. The Bertz CT molecular complexity index is 905. The van der Waals surface area contributed by atoms with Crippen LogP contribution in [0, 0.1) is 0 Å². The zero-order valence-electron chi connectivity index (χ0n) is 13.6. The van der Waals surface area contributed by atoms with Gasteiger partial charge in [-0.05, 0) is 0 Å². The highest BCUT2D eigenvalue weighted by atomic mass is 16.6. The Hall–Kier alpha value is -2.59. The summed E-state index contributed by atoms with van der Waals surface area (Å²) in [6, 6.07) is 9.27. The van der Waals surface area contributed by atoms with Crippen LogP contribution in [-0.4, -0.2) is 55.2 Å². The van der Waals surface area contributed by atoms with Crippen LogP contribution in [0.15, 0.2) is 52.2 Å². The fourth-order valence-corrected chi connectivity index (χ4v) is 2.84. The number of carbonyl (C=O) groups excluding carboxylic acids is 1. The first-order valence-electron chi connectivity index (χ1n) is 7.96. The number of hydrogen-bond donors (Lipinski definition) is 3. The summed E-state index contributed by atoms with van der Waals surface area (Å²) in [7, 11) is 0. The van der Waals surface area contributed by atoms with E-state index in [0.717, 1.165) is 21.4 Å². The number of benzene rings is 1. The van der Waals surface area contributed by atoms with Crippen LogP contribution < -0.4 is 11.2 Å². The number of ketones is 1. The van der Waals surface area contributed by atoms with E-state index in [9.17, 15) is 24.6 Å². The van der Waals surface area contributed by atoms with Crippen LogP contribution in [0.4, 0.5) is 0 Å². The van der Waals surface area contributed by atoms with Crippen molar-refractivity contribution >= 4 is 5.78 Å². The van der Waals surface area contributed by atoms with Crippen molar-refractivity contribution in [2.45, 2.75) is 31.1 Å². The van der Waals surface area contributed by atoms with E-state index < -0.39 is 54.7 Å². The standard InChI is InChI=1S/C17H18N2O7/c20-9-12-14(23)15(24)16(26-12)18-7-6-13(22)19(17(18)25)8-11(21)10-4-2-1-3-5-10/h1-7,12,14-16,20,23-24H,8-9H2/t12-,14-,15-,16-/m1/s1. The van der Waals surface area contributed by atoms with Gasteiger partial charge in [-0.3, -0.25) is 18.7 Å². The van der Waals surface area contributed by atoms with E-state index in [0.29, 0.717) is 5.56 Å². The third kappa shape index (κ3) is 3.25. The molecule has 9 heteroatoms. The Morgan fingerprint density at radius 3 is 2.38 bits per heavy atom. The van der Waals surface area contributed by atoms with Gasteiger partial charge in [0.05, 0.1) is 13.2 Å². The maximum absolute atomic E-state index is 12.6. The number of carbonyl (C=O) groups is 1. The fraction of sp³-hybridized carbons (Fsp3) is 0.353. The molecule has 4 atom stereocenters. The lowest BCUT2D eigenvalue weighted by atomic mass is 10.1. The molecule has 0 amide bonds. The van der Waals surface area contributed by atoms with Crippen LogP contribution in [-0.2, 0) is 11.3 Å². The Morgan fingerprint density at radius 1 is 1.08 bits per heavy atom. The molecule has 2 aromatic rings. The fourth-order valence-electron chi connectivity index (χ4n) is 2.84. The molecule has 26 heavy (non-hydrogen) atoms. The van der Waals surface area contributed by atoms with E-state index in [2.05, 4.69) is 0 Å². The van der Waals surface area contributed by atoms with E-state index in [4.69, 9.17) is 9.84 Å². The van der Waals surface area contributed by atoms with Crippen molar-refractivity contribution in [1.82, 2.24) is 9.13 Å². The highest BCUT2D eigenvalue weighted by molar-refractivity contribution is 5.95. The van der Waals surface area contributed by atoms with Gasteiger partial charge in [-0.2, -0.15) is 0 Å². The quantitative estimate of drug-likeness (QED) is 0.552. The molecule has 0 spiro atoms. The average Bonchev–Trinajstić information content (AvgIpc) is 2.94. The second kappa shape index (κ2) is 7.34. The van der Waals surface area contributed by atoms with Crippen LogP contribution >= 0.6 is 0 Å².